The topological polar surface area (TPSA) is 41.4 Å². The Morgan fingerprint density at radius 2 is 1.76 bits per heavy atom. The fourth-order valence-electron chi connectivity index (χ4n) is 3.61. The Morgan fingerprint density at radius 3 is 2.45 bits per heavy atom. The highest BCUT2D eigenvalue weighted by atomic mass is 35.5. The van der Waals surface area contributed by atoms with E-state index in [-0.39, 0.29) is 11.7 Å². The van der Waals surface area contributed by atoms with E-state index in [1.807, 2.05) is 30.0 Å². The van der Waals surface area contributed by atoms with Gasteiger partial charge in [-0.2, -0.15) is 5.10 Å². The summed E-state index contributed by atoms with van der Waals surface area (Å²) < 4.78 is 15.6. The van der Waals surface area contributed by atoms with Crippen LogP contribution in [-0.4, -0.2) is 51.7 Å². The minimum Gasteiger partial charge on any atom is -0.336 e. The summed E-state index contributed by atoms with van der Waals surface area (Å²) in [7, 11) is 0. The molecule has 1 saturated heterocycles. The lowest BCUT2D eigenvalue weighted by Gasteiger charge is -2.34. The second kappa shape index (κ2) is 8.35. The molecule has 1 fully saturated rings. The molecule has 1 aromatic heterocycles. The molecule has 29 heavy (non-hydrogen) atoms. The van der Waals surface area contributed by atoms with E-state index in [4.69, 9.17) is 11.6 Å². The van der Waals surface area contributed by atoms with Crippen molar-refractivity contribution in [3.8, 4) is 5.69 Å². The Morgan fingerprint density at radius 1 is 1.07 bits per heavy atom. The van der Waals surface area contributed by atoms with Crippen LogP contribution in [0.2, 0.25) is 5.02 Å². The number of piperazine rings is 1. The molecule has 1 aliphatic rings. The van der Waals surface area contributed by atoms with Gasteiger partial charge in [0.1, 0.15) is 5.82 Å². The normalized spacial score (nSPS) is 14.9. The van der Waals surface area contributed by atoms with Crippen molar-refractivity contribution in [2.24, 2.45) is 0 Å². The molecule has 0 atom stereocenters. The molecule has 0 N–H and O–H groups in total. The number of hydrogen-bond donors (Lipinski definition) is 0. The van der Waals surface area contributed by atoms with Crippen LogP contribution in [0, 0.1) is 12.7 Å². The summed E-state index contributed by atoms with van der Waals surface area (Å²) in [6.45, 7) is 5.10. The Kier molecular flexibility index (Phi) is 5.65. The molecule has 2 heterocycles. The zero-order valence-electron chi connectivity index (χ0n) is 16.2. The lowest BCUT2D eigenvalue weighted by molar-refractivity contribution is 0.0626. The molecular formula is C22H22ClFN4O. The van der Waals surface area contributed by atoms with Gasteiger partial charge in [0.15, 0.2) is 0 Å². The van der Waals surface area contributed by atoms with E-state index in [0.717, 1.165) is 11.4 Å². The smallest absolute Gasteiger partial charge is 0.257 e. The van der Waals surface area contributed by atoms with E-state index in [1.54, 1.807) is 35.1 Å². The van der Waals surface area contributed by atoms with Crippen LogP contribution in [-0.2, 0) is 6.54 Å². The van der Waals surface area contributed by atoms with Gasteiger partial charge in [-0.15, -0.1) is 0 Å². The predicted octanol–water partition coefficient (Wildman–Crippen LogP) is 3.93. The maximum Gasteiger partial charge on any atom is 0.257 e. The van der Waals surface area contributed by atoms with E-state index >= 15 is 0 Å². The maximum absolute atomic E-state index is 13.9. The number of carbonyl (C=O) groups excluding carboxylic acids is 1. The van der Waals surface area contributed by atoms with Crippen LogP contribution in [0.1, 0.15) is 21.6 Å². The molecule has 3 aromatic rings. The van der Waals surface area contributed by atoms with Crippen LogP contribution in [0.4, 0.5) is 4.39 Å². The van der Waals surface area contributed by atoms with Gasteiger partial charge in [0.25, 0.3) is 5.91 Å². The van der Waals surface area contributed by atoms with Gasteiger partial charge < -0.3 is 4.90 Å². The van der Waals surface area contributed by atoms with Crippen molar-refractivity contribution in [3.05, 3.63) is 82.4 Å². The molecule has 4 rings (SSSR count). The third-order valence-electron chi connectivity index (χ3n) is 5.32. The van der Waals surface area contributed by atoms with Crippen molar-refractivity contribution < 1.29 is 9.18 Å². The first kappa shape index (κ1) is 19.6. The standard InChI is InChI=1S/C22H22ClFN4O/c1-16-20(14-25-28(16)19-8-6-18(23)7-9-19)22(29)27-12-10-26(11-13-27)15-17-4-2-3-5-21(17)24/h2-9,14H,10-13,15H2,1H3. The zero-order valence-corrected chi connectivity index (χ0v) is 16.9. The first-order chi connectivity index (χ1) is 14.0. The molecule has 0 bridgehead atoms. The van der Waals surface area contributed by atoms with Crippen LogP contribution in [0.15, 0.2) is 54.7 Å². The molecule has 1 amide bonds. The molecule has 150 valence electrons. The molecule has 0 radical (unpaired) electrons. The second-order valence-electron chi connectivity index (χ2n) is 7.19. The van der Waals surface area contributed by atoms with Crippen molar-refractivity contribution in [2.45, 2.75) is 13.5 Å². The summed E-state index contributed by atoms with van der Waals surface area (Å²) in [6.07, 6.45) is 1.62. The lowest BCUT2D eigenvalue weighted by atomic mass is 10.1. The first-order valence-electron chi connectivity index (χ1n) is 9.58. The Hall–Kier alpha value is -2.70. The quantitative estimate of drug-likeness (QED) is 0.652. The Labute approximate surface area is 174 Å². The number of amides is 1. The van der Waals surface area contributed by atoms with E-state index in [9.17, 15) is 9.18 Å². The highest BCUT2D eigenvalue weighted by Crippen LogP contribution is 2.19. The van der Waals surface area contributed by atoms with Gasteiger partial charge in [0.2, 0.25) is 0 Å². The van der Waals surface area contributed by atoms with E-state index in [1.165, 1.54) is 6.07 Å². The largest absolute Gasteiger partial charge is 0.336 e. The molecule has 0 spiro atoms. The third-order valence-corrected chi connectivity index (χ3v) is 5.57. The number of halogens is 2. The van der Waals surface area contributed by atoms with Gasteiger partial charge in [-0.3, -0.25) is 9.69 Å². The van der Waals surface area contributed by atoms with Crippen LogP contribution in [0.5, 0.6) is 0 Å². The minimum absolute atomic E-state index is 0.0201. The Bertz CT molecular complexity index is 1010. The third kappa shape index (κ3) is 4.18. The fourth-order valence-corrected chi connectivity index (χ4v) is 3.74. The molecule has 0 saturated carbocycles. The van der Waals surface area contributed by atoms with Crippen LogP contribution in [0.25, 0.3) is 5.69 Å². The number of carbonyl (C=O) groups is 1. The number of benzene rings is 2. The summed E-state index contributed by atoms with van der Waals surface area (Å²) in [5.41, 5.74) is 2.95. The van der Waals surface area contributed by atoms with Crippen molar-refractivity contribution in [1.82, 2.24) is 19.6 Å². The molecule has 0 aliphatic carbocycles. The Balaban J connectivity index is 1.41. The maximum atomic E-state index is 13.9. The van der Waals surface area contributed by atoms with Crippen LogP contribution in [0.3, 0.4) is 0 Å². The van der Waals surface area contributed by atoms with E-state index in [2.05, 4.69) is 10.00 Å². The number of rotatable bonds is 4. The van der Waals surface area contributed by atoms with Crippen molar-refractivity contribution in [1.29, 1.82) is 0 Å². The average Bonchev–Trinajstić information content (AvgIpc) is 3.12. The molecule has 7 heteroatoms. The number of nitrogens with zero attached hydrogens (tertiary/aromatic N) is 4. The molecule has 0 unspecified atom stereocenters. The molecule has 2 aromatic carbocycles. The SMILES string of the molecule is Cc1c(C(=O)N2CCN(Cc3ccccc3F)CC2)cnn1-c1ccc(Cl)cc1. The van der Waals surface area contributed by atoms with Crippen molar-refractivity contribution >= 4 is 17.5 Å². The van der Waals surface area contributed by atoms with Gasteiger partial charge in [0, 0.05) is 43.3 Å². The second-order valence-corrected chi connectivity index (χ2v) is 7.63. The summed E-state index contributed by atoms with van der Waals surface area (Å²) in [6, 6.07) is 14.2. The van der Waals surface area contributed by atoms with E-state index < -0.39 is 0 Å². The summed E-state index contributed by atoms with van der Waals surface area (Å²) in [5, 5.41) is 5.04. The van der Waals surface area contributed by atoms with Gasteiger partial charge in [-0.05, 0) is 37.3 Å². The summed E-state index contributed by atoms with van der Waals surface area (Å²) in [5.74, 6) is -0.204. The van der Waals surface area contributed by atoms with Crippen LogP contribution < -0.4 is 0 Å². The van der Waals surface area contributed by atoms with Gasteiger partial charge in [0.05, 0.1) is 23.1 Å². The summed E-state index contributed by atoms with van der Waals surface area (Å²) >= 11 is 5.95. The number of hydrogen-bond acceptors (Lipinski definition) is 3. The highest BCUT2D eigenvalue weighted by Gasteiger charge is 2.25. The lowest BCUT2D eigenvalue weighted by Crippen LogP contribution is -2.48. The van der Waals surface area contributed by atoms with Crippen LogP contribution >= 0.6 is 11.6 Å². The molecule has 1 aliphatic heterocycles. The van der Waals surface area contributed by atoms with Crippen molar-refractivity contribution in [3.63, 3.8) is 0 Å². The minimum atomic E-state index is -0.184. The number of aromatic nitrogens is 2. The molecular weight excluding hydrogens is 391 g/mol. The monoisotopic (exact) mass is 412 g/mol. The van der Waals surface area contributed by atoms with Gasteiger partial charge in [-0.1, -0.05) is 29.8 Å². The fraction of sp³-hybridized carbons (Fsp3) is 0.273. The first-order valence-corrected chi connectivity index (χ1v) is 9.96. The highest BCUT2D eigenvalue weighted by molar-refractivity contribution is 6.30. The predicted molar refractivity (Wildman–Crippen MR) is 111 cm³/mol. The zero-order chi connectivity index (χ0) is 20.4. The average molecular weight is 413 g/mol. The van der Waals surface area contributed by atoms with Gasteiger partial charge in [-0.25, -0.2) is 9.07 Å². The van der Waals surface area contributed by atoms with Gasteiger partial charge >= 0.3 is 0 Å². The summed E-state index contributed by atoms with van der Waals surface area (Å²) in [4.78, 5) is 17.0. The van der Waals surface area contributed by atoms with Crippen molar-refractivity contribution in [2.75, 3.05) is 26.2 Å². The van der Waals surface area contributed by atoms with E-state index in [0.29, 0.717) is 48.9 Å². The molecule has 5 nitrogen and oxygen atoms in total.